The molecule has 0 fully saturated rings. The molecule has 2 aromatic rings. The first-order chi connectivity index (χ1) is 9.27. The molecule has 0 spiro atoms. The number of carbonyl (C=O) groups is 1. The highest BCUT2D eigenvalue weighted by Gasteiger charge is 2.22. The van der Waals surface area contributed by atoms with Gasteiger partial charge in [0.25, 0.3) is 0 Å². The standard InChI is InChI=1S/C16H18OS2/c1-3-18-15(16(17)19-4-2)14-11-7-9-12-8-5-6-10-13(12)14/h5-11,15H,3-4H2,1-2H3. The van der Waals surface area contributed by atoms with Gasteiger partial charge < -0.3 is 0 Å². The SMILES string of the molecule is CCSC(=O)C(SCC)c1cccc2ccccc12. The molecule has 0 aliphatic heterocycles. The van der Waals surface area contributed by atoms with Crippen molar-refractivity contribution in [3.8, 4) is 0 Å². The van der Waals surface area contributed by atoms with Crippen LogP contribution in [0.2, 0.25) is 0 Å². The van der Waals surface area contributed by atoms with Crippen LogP contribution in [0.15, 0.2) is 42.5 Å². The Bertz CT molecular complexity index is 560. The summed E-state index contributed by atoms with van der Waals surface area (Å²) in [5.74, 6) is 1.79. The van der Waals surface area contributed by atoms with Crippen molar-refractivity contribution in [3.05, 3.63) is 48.0 Å². The van der Waals surface area contributed by atoms with Gasteiger partial charge in [0.2, 0.25) is 5.12 Å². The van der Waals surface area contributed by atoms with Crippen molar-refractivity contribution in [2.75, 3.05) is 11.5 Å². The molecule has 19 heavy (non-hydrogen) atoms. The van der Waals surface area contributed by atoms with Gasteiger partial charge in [0.15, 0.2) is 0 Å². The number of hydrogen-bond donors (Lipinski definition) is 0. The fraction of sp³-hybridized carbons (Fsp3) is 0.312. The van der Waals surface area contributed by atoms with E-state index < -0.39 is 0 Å². The van der Waals surface area contributed by atoms with Crippen molar-refractivity contribution in [2.24, 2.45) is 0 Å². The maximum Gasteiger partial charge on any atom is 0.206 e. The summed E-state index contributed by atoms with van der Waals surface area (Å²) >= 11 is 3.14. The van der Waals surface area contributed by atoms with Crippen LogP contribution in [0.5, 0.6) is 0 Å². The number of fused-ring (bicyclic) bond motifs is 1. The van der Waals surface area contributed by atoms with Gasteiger partial charge in [-0.25, -0.2) is 0 Å². The van der Waals surface area contributed by atoms with E-state index in [1.807, 2.05) is 25.1 Å². The van der Waals surface area contributed by atoms with Gasteiger partial charge in [-0.2, -0.15) is 0 Å². The molecule has 2 aromatic carbocycles. The van der Waals surface area contributed by atoms with Crippen molar-refractivity contribution in [1.29, 1.82) is 0 Å². The Balaban J connectivity index is 2.46. The van der Waals surface area contributed by atoms with Crippen LogP contribution in [0.1, 0.15) is 24.7 Å². The van der Waals surface area contributed by atoms with Gasteiger partial charge in [-0.1, -0.05) is 68.1 Å². The van der Waals surface area contributed by atoms with E-state index in [0.29, 0.717) is 0 Å². The molecule has 3 heteroatoms. The lowest BCUT2D eigenvalue weighted by Gasteiger charge is -2.16. The summed E-state index contributed by atoms with van der Waals surface area (Å²) in [6.07, 6.45) is 0. The molecule has 0 saturated carbocycles. The molecule has 0 saturated heterocycles. The zero-order valence-corrected chi connectivity index (χ0v) is 12.9. The van der Waals surface area contributed by atoms with Gasteiger partial charge >= 0.3 is 0 Å². The summed E-state index contributed by atoms with van der Waals surface area (Å²) in [6, 6.07) is 14.5. The normalized spacial score (nSPS) is 12.5. The predicted molar refractivity (Wildman–Crippen MR) is 88.0 cm³/mol. The van der Waals surface area contributed by atoms with Crippen LogP contribution < -0.4 is 0 Å². The molecule has 0 aliphatic rings. The van der Waals surface area contributed by atoms with E-state index >= 15 is 0 Å². The van der Waals surface area contributed by atoms with E-state index in [0.717, 1.165) is 17.1 Å². The molecule has 1 atom stereocenters. The lowest BCUT2D eigenvalue weighted by molar-refractivity contribution is -0.110. The summed E-state index contributed by atoms with van der Waals surface area (Å²) < 4.78 is 0. The highest BCUT2D eigenvalue weighted by atomic mass is 32.2. The molecule has 0 amide bonds. The number of rotatable bonds is 5. The van der Waals surface area contributed by atoms with Crippen LogP contribution in [0.25, 0.3) is 10.8 Å². The number of benzene rings is 2. The quantitative estimate of drug-likeness (QED) is 0.778. The zero-order chi connectivity index (χ0) is 13.7. The minimum absolute atomic E-state index is 0.0546. The molecule has 0 radical (unpaired) electrons. The van der Waals surface area contributed by atoms with E-state index in [1.165, 1.54) is 22.5 Å². The molecule has 0 N–H and O–H groups in total. The number of thioether (sulfide) groups is 2. The van der Waals surface area contributed by atoms with Crippen molar-refractivity contribution < 1.29 is 4.79 Å². The summed E-state index contributed by atoms with van der Waals surface area (Å²) in [5, 5.41) is 2.61. The second kappa shape index (κ2) is 7.01. The van der Waals surface area contributed by atoms with Gasteiger partial charge in [0.05, 0.1) is 5.25 Å². The maximum absolute atomic E-state index is 12.3. The topological polar surface area (TPSA) is 17.1 Å². The van der Waals surface area contributed by atoms with Crippen LogP contribution in [0, 0.1) is 0 Å². The molecule has 100 valence electrons. The molecule has 1 unspecified atom stereocenters. The molecule has 0 aromatic heterocycles. The first-order valence-corrected chi connectivity index (χ1v) is 8.57. The fourth-order valence-corrected chi connectivity index (χ4v) is 3.97. The highest BCUT2D eigenvalue weighted by Crippen LogP contribution is 2.37. The summed E-state index contributed by atoms with van der Waals surface area (Å²) in [5.41, 5.74) is 1.15. The Morgan fingerprint density at radius 3 is 2.53 bits per heavy atom. The zero-order valence-electron chi connectivity index (χ0n) is 11.3. The van der Waals surface area contributed by atoms with Gasteiger partial charge in [0.1, 0.15) is 0 Å². The lowest BCUT2D eigenvalue weighted by atomic mass is 10.0. The summed E-state index contributed by atoms with van der Waals surface area (Å²) in [6.45, 7) is 4.13. The molecule has 0 heterocycles. The van der Waals surface area contributed by atoms with E-state index in [4.69, 9.17) is 0 Å². The second-order valence-corrected chi connectivity index (χ2v) is 6.81. The Kier molecular flexibility index (Phi) is 5.34. The maximum atomic E-state index is 12.3. The first-order valence-electron chi connectivity index (χ1n) is 6.53. The van der Waals surface area contributed by atoms with Gasteiger partial charge in [0, 0.05) is 0 Å². The third kappa shape index (κ3) is 3.34. The highest BCUT2D eigenvalue weighted by molar-refractivity contribution is 8.15. The van der Waals surface area contributed by atoms with E-state index in [9.17, 15) is 4.79 Å². The third-order valence-electron chi connectivity index (χ3n) is 2.94. The van der Waals surface area contributed by atoms with E-state index in [-0.39, 0.29) is 10.4 Å². The second-order valence-electron chi connectivity index (χ2n) is 4.16. The molecule has 2 rings (SSSR count). The molecule has 1 nitrogen and oxygen atoms in total. The Labute approximate surface area is 123 Å². The van der Waals surface area contributed by atoms with Gasteiger partial charge in [-0.05, 0) is 27.8 Å². The lowest BCUT2D eigenvalue weighted by Crippen LogP contribution is -2.07. The predicted octanol–water partition coefficient (Wildman–Crippen LogP) is 4.91. The number of hydrogen-bond acceptors (Lipinski definition) is 3. The first kappa shape index (κ1) is 14.5. The molecular formula is C16H18OS2. The van der Waals surface area contributed by atoms with Crippen LogP contribution >= 0.6 is 23.5 Å². The van der Waals surface area contributed by atoms with Crippen LogP contribution in [0.3, 0.4) is 0 Å². The van der Waals surface area contributed by atoms with Crippen molar-refractivity contribution in [2.45, 2.75) is 19.1 Å². The van der Waals surface area contributed by atoms with Crippen molar-refractivity contribution in [1.82, 2.24) is 0 Å². The minimum Gasteiger partial charge on any atom is -0.286 e. The smallest absolute Gasteiger partial charge is 0.206 e. The average Bonchev–Trinajstić information content (AvgIpc) is 2.44. The largest absolute Gasteiger partial charge is 0.286 e. The van der Waals surface area contributed by atoms with Gasteiger partial charge in [-0.15, -0.1) is 11.8 Å². The van der Waals surface area contributed by atoms with E-state index in [2.05, 4.69) is 31.2 Å². The molecule has 0 aliphatic carbocycles. The minimum atomic E-state index is -0.0546. The fourth-order valence-electron chi connectivity index (χ4n) is 2.15. The molecular weight excluding hydrogens is 272 g/mol. The van der Waals surface area contributed by atoms with Crippen LogP contribution in [-0.2, 0) is 4.79 Å². The molecule has 0 bridgehead atoms. The number of carbonyl (C=O) groups excluding carboxylic acids is 1. The van der Waals surface area contributed by atoms with Crippen LogP contribution in [0.4, 0.5) is 0 Å². The summed E-state index contributed by atoms with van der Waals surface area (Å²) in [7, 11) is 0. The van der Waals surface area contributed by atoms with Crippen LogP contribution in [-0.4, -0.2) is 16.6 Å². The van der Waals surface area contributed by atoms with E-state index in [1.54, 1.807) is 11.8 Å². The van der Waals surface area contributed by atoms with Crippen molar-refractivity contribution >= 4 is 39.4 Å². The Hall–Kier alpha value is -0.930. The van der Waals surface area contributed by atoms with Gasteiger partial charge in [-0.3, -0.25) is 4.79 Å². The van der Waals surface area contributed by atoms with Crippen molar-refractivity contribution in [3.63, 3.8) is 0 Å². The third-order valence-corrected chi connectivity index (χ3v) is 5.03. The average molecular weight is 290 g/mol. The summed E-state index contributed by atoms with van der Waals surface area (Å²) in [4.78, 5) is 12.3. The Morgan fingerprint density at radius 2 is 1.79 bits per heavy atom. The Morgan fingerprint density at radius 1 is 1.05 bits per heavy atom. The monoisotopic (exact) mass is 290 g/mol.